The minimum Gasteiger partial charge on any atom is -0.493 e. The highest BCUT2D eigenvalue weighted by atomic mass is 16.5. The fourth-order valence-corrected chi connectivity index (χ4v) is 8.89. The lowest BCUT2D eigenvalue weighted by atomic mass is 10.1. The molecule has 0 fully saturated rings. The molecule has 0 saturated heterocycles. The average Bonchev–Trinajstić information content (AvgIpc) is 3.87. The zero-order chi connectivity index (χ0) is 50.5. The molecule has 5 aromatic rings. The number of nitrogens with zero attached hydrogens (tertiary/aromatic N) is 4. The first-order valence-electron chi connectivity index (χ1n) is 23.0. The summed E-state index contributed by atoms with van der Waals surface area (Å²) in [6, 6.07) is 26.7. The van der Waals surface area contributed by atoms with Gasteiger partial charge in [0, 0.05) is 67.3 Å². The van der Waals surface area contributed by atoms with Crippen LogP contribution in [-0.2, 0) is 50.0 Å². The molecule has 0 saturated carbocycles. The van der Waals surface area contributed by atoms with Crippen LogP contribution in [0.25, 0.3) is 0 Å². The highest BCUT2D eigenvalue weighted by Gasteiger charge is 2.38. The molecule has 0 aliphatic carbocycles. The van der Waals surface area contributed by atoms with E-state index in [1.165, 1.54) is 14.2 Å². The minimum atomic E-state index is -0.674. The molecule has 6 N–H and O–H groups in total. The van der Waals surface area contributed by atoms with Crippen LogP contribution in [0.5, 0.6) is 23.0 Å². The summed E-state index contributed by atoms with van der Waals surface area (Å²) in [4.78, 5) is 102. The standard InChI is InChI=1S/C52H49N9O11/c1-69-42-18-36-38(54-22-34-16-31-7-3-5-9-40(31)60(34)51(36)67)20-44(42)71-27-29-13-30(15-33(14-29)59-50(66)26-58-49(65)25-57-48(64)24-56-47(63)12-11-46(53)62)28-72-45-21-39-37(19-43(45)70-2)52(68)61-35(23-55-39)17-32-8-4-6-10-41(32)61/h3-10,13-15,18-23,34-35H,11-12,16-17,24-28H2,1-2H3,(H2,53,62)(H,56,63)(H,57,64)(H,58,65)(H,59,66)/t34-,35-/m0/s1. The SMILES string of the molecule is COc1cc2c(cc1OCc1cc(COc3cc4c(cc3OC)C(=O)N3c5ccccc5C[C@H]3C=N4)cc(NC(=O)CNC(=O)CNC(=O)CNC(=O)CCC(N)=O)c1)N=C[C@@H]1Cc3ccccc3N1C2=O. The first-order valence-corrected chi connectivity index (χ1v) is 23.0. The van der Waals surface area contributed by atoms with Gasteiger partial charge in [0.05, 0.1) is 68.4 Å². The van der Waals surface area contributed by atoms with Crippen molar-refractivity contribution in [3.05, 3.63) is 124 Å². The van der Waals surface area contributed by atoms with Gasteiger partial charge >= 0.3 is 0 Å². The molecular weight excluding hydrogens is 927 g/mol. The van der Waals surface area contributed by atoms with Gasteiger partial charge in [-0.25, -0.2) is 0 Å². The Morgan fingerprint density at radius 3 is 1.51 bits per heavy atom. The Kier molecular flexibility index (Phi) is 13.9. The Labute approximate surface area is 412 Å². The average molecular weight is 976 g/mol. The van der Waals surface area contributed by atoms with E-state index in [-0.39, 0.29) is 50.0 Å². The number of fused-ring (bicyclic) bond motifs is 8. The Morgan fingerprint density at radius 2 is 1.04 bits per heavy atom. The lowest BCUT2D eigenvalue weighted by Crippen LogP contribution is -2.43. The van der Waals surface area contributed by atoms with Crippen molar-refractivity contribution in [3.63, 3.8) is 0 Å². The van der Waals surface area contributed by atoms with Gasteiger partial charge in [-0.15, -0.1) is 0 Å². The van der Waals surface area contributed by atoms with E-state index in [2.05, 4.69) is 21.3 Å². The van der Waals surface area contributed by atoms with E-state index in [0.29, 0.717) is 75.2 Å². The summed E-state index contributed by atoms with van der Waals surface area (Å²) in [6.45, 7) is -1.47. The van der Waals surface area contributed by atoms with E-state index in [1.54, 1.807) is 58.6 Å². The van der Waals surface area contributed by atoms with Gasteiger partial charge in [0.15, 0.2) is 23.0 Å². The summed E-state index contributed by atoms with van der Waals surface area (Å²) in [5.74, 6) is -2.36. The number of methoxy groups -OCH3 is 2. The number of anilines is 3. The molecule has 20 nitrogen and oxygen atoms in total. The van der Waals surface area contributed by atoms with Crippen molar-refractivity contribution in [2.24, 2.45) is 15.7 Å². The maximum atomic E-state index is 14.0. The lowest BCUT2D eigenvalue weighted by Gasteiger charge is -2.22. The molecule has 7 amide bonds. The summed E-state index contributed by atoms with van der Waals surface area (Å²) in [7, 11) is 2.95. The summed E-state index contributed by atoms with van der Waals surface area (Å²) >= 11 is 0. The first-order chi connectivity index (χ1) is 34.8. The predicted octanol–water partition coefficient (Wildman–Crippen LogP) is 3.99. The molecular formula is C52H49N9O11. The number of carbonyl (C=O) groups excluding carboxylic acids is 7. The largest absolute Gasteiger partial charge is 0.493 e. The lowest BCUT2D eigenvalue weighted by molar-refractivity contribution is -0.128. The molecule has 5 aromatic carbocycles. The number of amides is 7. The van der Waals surface area contributed by atoms with Gasteiger partial charge in [-0.3, -0.25) is 53.3 Å². The summed E-state index contributed by atoms with van der Waals surface area (Å²) in [6.07, 6.45) is 4.44. The molecule has 0 radical (unpaired) electrons. The fourth-order valence-electron chi connectivity index (χ4n) is 8.89. The molecule has 0 spiro atoms. The molecule has 0 aromatic heterocycles. The smallest absolute Gasteiger partial charge is 0.261 e. The van der Waals surface area contributed by atoms with Crippen molar-refractivity contribution < 1.29 is 52.5 Å². The van der Waals surface area contributed by atoms with E-state index in [0.717, 1.165) is 22.5 Å². The maximum Gasteiger partial charge on any atom is 0.261 e. The summed E-state index contributed by atoms with van der Waals surface area (Å²) in [5.41, 5.74) is 11.8. The number of para-hydroxylation sites is 2. The number of nitrogens with two attached hydrogens (primary N) is 1. The zero-order valence-electron chi connectivity index (χ0n) is 39.2. The van der Waals surface area contributed by atoms with Gasteiger partial charge in [-0.2, -0.15) is 0 Å². The number of nitrogens with one attached hydrogen (secondary N) is 4. The monoisotopic (exact) mass is 975 g/mol. The molecule has 0 unspecified atom stereocenters. The Balaban J connectivity index is 0.912. The summed E-state index contributed by atoms with van der Waals surface area (Å²) in [5, 5.41) is 9.90. The van der Waals surface area contributed by atoms with Crippen LogP contribution in [0, 0.1) is 0 Å². The highest BCUT2D eigenvalue weighted by Crippen LogP contribution is 2.43. The van der Waals surface area contributed by atoms with Gasteiger partial charge in [0.25, 0.3) is 11.8 Å². The van der Waals surface area contributed by atoms with Crippen molar-refractivity contribution in [1.82, 2.24) is 16.0 Å². The third-order valence-corrected chi connectivity index (χ3v) is 12.3. The number of rotatable bonds is 18. The van der Waals surface area contributed by atoms with Crippen molar-refractivity contribution in [2.75, 3.05) is 49.0 Å². The Hall–Kier alpha value is -9.07. The van der Waals surface area contributed by atoms with Crippen LogP contribution in [-0.4, -0.2) is 99.7 Å². The molecule has 2 atom stereocenters. The van der Waals surface area contributed by atoms with Gasteiger partial charge in [0.2, 0.25) is 29.5 Å². The van der Waals surface area contributed by atoms with Crippen molar-refractivity contribution in [3.8, 4) is 23.0 Å². The molecule has 4 aliphatic rings. The van der Waals surface area contributed by atoms with Gasteiger partial charge in [-0.1, -0.05) is 36.4 Å². The summed E-state index contributed by atoms with van der Waals surface area (Å²) < 4.78 is 24.2. The molecule has 368 valence electrons. The Morgan fingerprint density at radius 1 is 0.583 bits per heavy atom. The molecule has 9 rings (SSSR count). The molecule has 72 heavy (non-hydrogen) atoms. The van der Waals surface area contributed by atoms with Gasteiger partial charge < -0.3 is 45.9 Å². The predicted molar refractivity (Wildman–Crippen MR) is 265 cm³/mol. The van der Waals surface area contributed by atoms with E-state index in [1.807, 2.05) is 54.6 Å². The maximum absolute atomic E-state index is 14.0. The zero-order valence-corrected chi connectivity index (χ0v) is 39.2. The van der Waals surface area contributed by atoms with E-state index >= 15 is 0 Å². The van der Waals surface area contributed by atoms with Crippen molar-refractivity contribution in [1.29, 1.82) is 0 Å². The molecule has 0 bridgehead atoms. The number of hydrogen-bond acceptors (Lipinski definition) is 13. The second kappa shape index (κ2) is 20.9. The first kappa shape index (κ1) is 48.0. The quantitative estimate of drug-likeness (QED) is 0.0839. The third-order valence-electron chi connectivity index (χ3n) is 12.3. The normalized spacial score (nSPS) is 15.6. The number of ether oxygens (including phenoxy) is 4. The molecule has 20 heteroatoms. The van der Waals surface area contributed by atoms with Gasteiger partial charge in [0.1, 0.15) is 13.2 Å². The minimum absolute atomic E-state index is 0.0482. The second-order valence-corrected chi connectivity index (χ2v) is 17.2. The van der Waals surface area contributed by atoms with E-state index in [4.69, 9.17) is 34.7 Å². The van der Waals surface area contributed by atoms with E-state index < -0.39 is 49.2 Å². The van der Waals surface area contributed by atoms with Crippen LogP contribution in [0.3, 0.4) is 0 Å². The third kappa shape index (κ3) is 10.4. The van der Waals surface area contributed by atoms with Crippen molar-refractivity contribution in [2.45, 2.75) is 51.0 Å². The fraction of sp³-hybridized carbons (Fsp3) is 0.250. The number of carbonyl (C=O) groups is 7. The van der Waals surface area contributed by atoms with Crippen LogP contribution < -0.4 is 55.7 Å². The number of hydrogen-bond donors (Lipinski definition) is 5. The number of primary amides is 1. The van der Waals surface area contributed by atoms with Crippen LogP contribution in [0.1, 0.15) is 55.8 Å². The van der Waals surface area contributed by atoms with Crippen LogP contribution in [0.2, 0.25) is 0 Å². The van der Waals surface area contributed by atoms with Crippen molar-refractivity contribution >= 4 is 82.2 Å². The highest BCUT2D eigenvalue weighted by molar-refractivity contribution is 6.16. The number of aliphatic imine (C=N–C) groups is 2. The van der Waals surface area contributed by atoms with Crippen LogP contribution >= 0.6 is 0 Å². The van der Waals surface area contributed by atoms with Crippen LogP contribution in [0.15, 0.2) is 101 Å². The number of benzene rings is 5. The molecule has 4 aliphatic heterocycles. The second-order valence-electron chi connectivity index (χ2n) is 17.2. The molecule has 4 heterocycles. The van der Waals surface area contributed by atoms with E-state index in [9.17, 15) is 33.6 Å². The Bertz CT molecular complexity index is 2940. The topological polar surface area (TPSA) is 262 Å². The van der Waals surface area contributed by atoms with Crippen LogP contribution in [0.4, 0.5) is 28.4 Å². The van der Waals surface area contributed by atoms with Gasteiger partial charge in [-0.05, 0) is 64.7 Å².